The number of benzene rings is 3. The second-order valence-electron chi connectivity index (χ2n) is 10.0. The Bertz CT molecular complexity index is 1390. The first-order valence-electron chi connectivity index (χ1n) is 13.5. The lowest BCUT2D eigenvalue weighted by atomic mass is 10.0. The number of anilines is 1. The van der Waals surface area contributed by atoms with E-state index in [0.29, 0.717) is 23.7 Å². The lowest BCUT2D eigenvalue weighted by Gasteiger charge is -2.33. The molecular weight excluding hydrogens is 546 g/mol. The summed E-state index contributed by atoms with van der Waals surface area (Å²) in [5.41, 5.74) is 3.12. The summed E-state index contributed by atoms with van der Waals surface area (Å²) in [6.07, 6.45) is 0.360. The van der Waals surface area contributed by atoms with E-state index in [-0.39, 0.29) is 23.3 Å². The zero-order valence-electron chi connectivity index (χ0n) is 23.7. The molecule has 3 rings (SSSR count). The van der Waals surface area contributed by atoms with Gasteiger partial charge in [0, 0.05) is 18.1 Å². The number of hydrogen-bond acceptors (Lipinski definition) is 4. The van der Waals surface area contributed by atoms with Crippen molar-refractivity contribution in [1.29, 1.82) is 0 Å². The molecule has 0 aromatic heterocycles. The van der Waals surface area contributed by atoms with Crippen LogP contribution in [0.1, 0.15) is 56.7 Å². The lowest BCUT2D eigenvalue weighted by Crippen LogP contribution is -2.52. The van der Waals surface area contributed by atoms with Gasteiger partial charge in [0.15, 0.2) is 0 Å². The number of rotatable bonds is 12. The van der Waals surface area contributed by atoms with Gasteiger partial charge in [-0.2, -0.15) is 0 Å². The van der Waals surface area contributed by atoms with Gasteiger partial charge in [-0.1, -0.05) is 74.3 Å². The van der Waals surface area contributed by atoms with Crippen molar-refractivity contribution >= 4 is 39.1 Å². The van der Waals surface area contributed by atoms with Crippen molar-refractivity contribution in [3.05, 3.63) is 94.5 Å². The smallest absolute Gasteiger partial charge is 0.264 e. The molecule has 0 fully saturated rings. The maximum Gasteiger partial charge on any atom is 0.264 e. The Balaban J connectivity index is 2.06. The molecule has 0 saturated heterocycles. The summed E-state index contributed by atoms with van der Waals surface area (Å²) >= 11 is 6.06. The van der Waals surface area contributed by atoms with Gasteiger partial charge in [0.05, 0.1) is 10.6 Å². The van der Waals surface area contributed by atoms with Crippen molar-refractivity contribution in [2.24, 2.45) is 0 Å². The fourth-order valence-electron chi connectivity index (χ4n) is 4.39. The Hall–Kier alpha value is -3.36. The summed E-state index contributed by atoms with van der Waals surface area (Å²) in [6.45, 7) is 9.69. The van der Waals surface area contributed by atoms with Crippen LogP contribution in [0.2, 0.25) is 5.02 Å². The molecule has 1 atom stereocenters. The van der Waals surface area contributed by atoms with Gasteiger partial charge in [0.1, 0.15) is 12.6 Å². The number of nitrogens with one attached hydrogen (secondary N) is 1. The Morgan fingerprint density at radius 1 is 0.900 bits per heavy atom. The number of likely N-dealkylation sites (N-methyl/N-ethyl adjacent to an activating group) is 1. The third-order valence-electron chi connectivity index (χ3n) is 6.74. The number of carbonyl (C=O) groups is 2. The van der Waals surface area contributed by atoms with Crippen LogP contribution in [0, 0.1) is 6.92 Å². The highest BCUT2D eigenvalue weighted by molar-refractivity contribution is 7.92. The lowest BCUT2D eigenvalue weighted by molar-refractivity contribution is -0.140. The molecule has 0 radical (unpaired) electrons. The van der Waals surface area contributed by atoms with Crippen LogP contribution < -0.4 is 9.62 Å². The Kier molecular flexibility index (Phi) is 10.8. The van der Waals surface area contributed by atoms with Crippen LogP contribution in [0.15, 0.2) is 77.7 Å². The third kappa shape index (κ3) is 7.64. The number of sulfonamides is 1. The average Bonchev–Trinajstić information content (AvgIpc) is 2.93. The Morgan fingerprint density at radius 2 is 1.50 bits per heavy atom. The van der Waals surface area contributed by atoms with Crippen LogP contribution in [-0.2, 0) is 26.2 Å². The SMILES string of the molecule is CCNC(=O)[C@H](CC)N(Cc1ccc(Cl)cc1)C(=O)CN(c1ccc(C(C)C)cc1)S(=O)(=O)c1ccc(C)cc1. The maximum atomic E-state index is 14.0. The standard InChI is InChI=1S/C31H38ClN3O4S/c1-6-29(31(37)33-7-2)34(20-24-10-14-26(32)15-11-24)30(36)21-35(27-16-12-25(13-17-27)22(3)4)40(38,39)28-18-8-23(5)9-19-28/h8-19,22,29H,6-7,20-21H2,1-5H3,(H,33,37)/t29-/m0/s1. The van der Waals surface area contributed by atoms with E-state index < -0.39 is 28.5 Å². The molecule has 9 heteroatoms. The van der Waals surface area contributed by atoms with Crippen LogP contribution in [0.5, 0.6) is 0 Å². The minimum Gasteiger partial charge on any atom is -0.355 e. The average molecular weight is 584 g/mol. The number of halogens is 1. The van der Waals surface area contributed by atoms with Crippen molar-refractivity contribution in [2.45, 2.75) is 64.4 Å². The van der Waals surface area contributed by atoms with Gasteiger partial charge in [-0.05, 0) is 73.7 Å². The van der Waals surface area contributed by atoms with E-state index in [1.807, 2.05) is 32.9 Å². The van der Waals surface area contributed by atoms with Crippen molar-refractivity contribution in [2.75, 3.05) is 17.4 Å². The van der Waals surface area contributed by atoms with Gasteiger partial charge in [0.2, 0.25) is 11.8 Å². The third-order valence-corrected chi connectivity index (χ3v) is 8.78. The summed E-state index contributed by atoms with van der Waals surface area (Å²) in [5.74, 6) is -0.520. The zero-order valence-corrected chi connectivity index (χ0v) is 25.3. The van der Waals surface area contributed by atoms with Crippen LogP contribution in [0.25, 0.3) is 0 Å². The molecule has 2 amide bonds. The highest BCUT2D eigenvalue weighted by atomic mass is 35.5. The van der Waals surface area contributed by atoms with Gasteiger partial charge in [-0.15, -0.1) is 0 Å². The molecule has 0 bridgehead atoms. The minimum atomic E-state index is -4.11. The van der Waals surface area contributed by atoms with Crippen LogP contribution >= 0.6 is 11.6 Å². The van der Waals surface area contributed by atoms with Gasteiger partial charge >= 0.3 is 0 Å². The first-order valence-corrected chi connectivity index (χ1v) is 15.3. The van der Waals surface area contributed by atoms with E-state index in [9.17, 15) is 18.0 Å². The van der Waals surface area contributed by atoms with Crippen LogP contribution in [0.4, 0.5) is 5.69 Å². The first kappa shape index (κ1) is 31.2. The largest absolute Gasteiger partial charge is 0.355 e. The van der Waals surface area contributed by atoms with Gasteiger partial charge in [0.25, 0.3) is 10.0 Å². The molecule has 7 nitrogen and oxygen atoms in total. The minimum absolute atomic E-state index is 0.0823. The van der Waals surface area contributed by atoms with Crippen molar-refractivity contribution in [1.82, 2.24) is 10.2 Å². The van der Waals surface area contributed by atoms with E-state index in [2.05, 4.69) is 19.2 Å². The van der Waals surface area contributed by atoms with E-state index in [4.69, 9.17) is 11.6 Å². The quantitative estimate of drug-likeness (QED) is 0.287. The number of nitrogens with zero attached hydrogens (tertiary/aromatic N) is 2. The molecule has 0 saturated carbocycles. The van der Waals surface area contributed by atoms with Gasteiger partial charge in [-0.25, -0.2) is 8.42 Å². The Labute approximate surface area is 243 Å². The van der Waals surface area contributed by atoms with E-state index in [1.54, 1.807) is 60.7 Å². The Morgan fingerprint density at radius 3 is 2.02 bits per heavy atom. The topological polar surface area (TPSA) is 86.8 Å². The van der Waals surface area contributed by atoms with E-state index in [1.165, 1.54) is 4.90 Å². The first-order chi connectivity index (χ1) is 19.0. The molecule has 40 heavy (non-hydrogen) atoms. The number of hydrogen-bond donors (Lipinski definition) is 1. The summed E-state index contributed by atoms with van der Waals surface area (Å²) in [6, 6.07) is 20.0. The molecule has 3 aromatic carbocycles. The number of aryl methyl sites for hydroxylation is 1. The predicted molar refractivity (Wildman–Crippen MR) is 161 cm³/mol. The fourth-order valence-corrected chi connectivity index (χ4v) is 5.93. The summed E-state index contributed by atoms with van der Waals surface area (Å²) in [4.78, 5) is 28.6. The molecule has 214 valence electrons. The predicted octanol–water partition coefficient (Wildman–Crippen LogP) is 5.91. The fraction of sp³-hybridized carbons (Fsp3) is 0.355. The van der Waals surface area contributed by atoms with Crippen molar-refractivity contribution < 1.29 is 18.0 Å². The molecule has 0 spiro atoms. The number of carbonyl (C=O) groups excluding carboxylic acids is 2. The maximum absolute atomic E-state index is 14.0. The summed E-state index contributed by atoms with van der Waals surface area (Å²) in [5, 5.41) is 3.36. The molecule has 0 aliphatic carbocycles. The molecule has 0 aliphatic heterocycles. The highest BCUT2D eigenvalue weighted by Gasteiger charge is 2.33. The highest BCUT2D eigenvalue weighted by Crippen LogP contribution is 2.27. The molecule has 0 aliphatic rings. The zero-order chi connectivity index (χ0) is 29.4. The molecule has 3 aromatic rings. The second kappa shape index (κ2) is 13.8. The number of amides is 2. The molecular formula is C31H38ClN3O4S. The molecule has 0 heterocycles. The molecule has 1 N–H and O–H groups in total. The van der Waals surface area contributed by atoms with E-state index >= 15 is 0 Å². The monoisotopic (exact) mass is 583 g/mol. The van der Waals surface area contributed by atoms with Crippen molar-refractivity contribution in [3.63, 3.8) is 0 Å². The van der Waals surface area contributed by atoms with Crippen molar-refractivity contribution in [3.8, 4) is 0 Å². The van der Waals surface area contributed by atoms with Crippen LogP contribution in [-0.4, -0.2) is 44.3 Å². The van der Waals surface area contributed by atoms with Crippen LogP contribution in [0.3, 0.4) is 0 Å². The summed E-state index contributed by atoms with van der Waals surface area (Å²) < 4.78 is 29.0. The molecule has 0 unspecified atom stereocenters. The normalized spacial score (nSPS) is 12.2. The van der Waals surface area contributed by atoms with Gasteiger partial charge in [-0.3, -0.25) is 13.9 Å². The second-order valence-corrected chi connectivity index (χ2v) is 12.3. The van der Waals surface area contributed by atoms with E-state index in [0.717, 1.165) is 21.0 Å². The summed E-state index contributed by atoms with van der Waals surface area (Å²) in [7, 11) is -4.11. The van der Waals surface area contributed by atoms with Gasteiger partial charge < -0.3 is 10.2 Å².